The molecule has 0 aliphatic heterocycles. The summed E-state index contributed by atoms with van der Waals surface area (Å²) in [4.78, 5) is 0. The van der Waals surface area contributed by atoms with Gasteiger partial charge in [-0.15, -0.1) is 0 Å². The molecule has 0 aliphatic carbocycles. The van der Waals surface area contributed by atoms with Gasteiger partial charge in [-0.05, 0) is 18.8 Å². The first-order valence-electron chi connectivity index (χ1n) is 4.52. The molecule has 12 heavy (non-hydrogen) atoms. The van der Waals surface area contributed by atoms with Crippen molar-refractivity contribution in [1.29, 1.82) is 0 Å². The lowest BCUT2D eigenvalue weighted by Gasteiger charge is -1.58. The van der Waals surface area contributed by atoms with Gasteiger partial charge in [-0.1, -0.05) is 47.3 Å². The molecule has 0 bridgehead atoms. The Morgan fingerprint density at radius 1 is 1.17 bits per heavy atom. The molecule has 0 amide bonds. The lowest BCUT2D eigenvalue weighted by Crippen LogP contribution is -1.87. The predicted octanol–water partition coefficient (Wildman–Crippen LogP) is 2.66. The zero-order valence-corrected chi connectivity index (χ0v) is 9.30. The first-order valence-corrected chi connectivity index (χ1v) is 4.52. The maximum atomic E-state index is 4.89. The van der Waals surface area contributed by atoms with Crippen LogP contribution in [0.1, 0.15) is 34.6 Å². The van der Waals surface area contributed by atoms with Crippen molar-refractivity contribution in [3.05, 3.63) is 24.9 Å². The molecule has 0 fully saturated rings. The summed E-state index contributed by atoms with van der Waals surface area (Å²) in [5.74, 6) is 0. The Morgan fingerprint density at radius 2 is 1.42 bits per heavy atom. The van der Waals surface area contributed by atoms with Gasteiger partial charge in [0.1, 0.15) is 0 Å². The van der Waals surface area contributed by atoms with E-state index in [1.165, 1.54) is 6.20 Å². The highest BCUT2D eigenvalue weighted by Gasteiger charge is 1.41. The minimum atomic E-state index is 0.750. The molecule has 76 valence electrons. The highest BCUT2D eigenvalue weighted by molar-refractivity contribution is 4.93. The van der Waals surface area contributed by atoms with E-state index in [1.54, 1.807) is 12.2 Å². The summed E-state index contributed by atoms with van der Waals surface area (Å²) in [7, 11) is 0. The van der Waals surface area contributed by atoms with E-state index >= 15 is 0 Å². The first kappa shape index (κ1) is 22.5. The molecule has 0 rings (SSSR count). The molecule has 0 heterocycles. The fraction of sp³-hybridized carbons (Fsp3) is 0.600. The Bertz CT molecular complexity index is 58.9. The van der Waals surface area contributed by atoms with Gasteiger partial charge in [0.25, 0.3) is 0 Å². The van der Waals surface area contributed by atoms with Crippen LogP contribution in [-0.2, 0) is 0 Å². The van der Waals surface area contributed by atoms with Gasteiger partial charge in [0.2, 0.25) is 0 Å². The number of allylic oxidation sites excluding steroid dienone is 2. The molecule has 0 aromatic carbocycles. The van der Waals surface area contributed by atoms with Crippen LogP contribution in [0.3, 0.4) is 0 Å². The summed E-state index contributed by atoms with van der Waals surface area (Å²) >= 11 is 0. The van der Waals surface area contributed by atoms with E-state index in [-0.39, 0.29) is 0 Å². The van der Waals surface area contributed by atoms with Gasteiger partial charge in [-0.2, -0.15) is 0 Å². The molecule has 0 aliphatic rings. The molecular formula is C10H26N2. The van der Waals surface area contributed by atoms with Crippen LogP contribution in [0.2, 0.25) is 0 Å². The molecule has 2 nitrogen and oxygen atoms in total. The van der Waals surface area contributed by atoms with Crippen molar-refractivity contribution in [3.8, 4) is 0 Å². The first-order chi connectivity index (χ1) is 5.83. The summed E-state index contributed by atoms with van der Waals surface area (Å²) in [6, 6.07) is 0. The minimum Gasteiger partial charge on any atom is -0.405 e. The van der Waals surface area contributed by atoms with E-state index in [0.29, 0.717) is 0 Å². The third-order valence-electron chi connectivity index (χ3n) is 0.247. The van der Waals surface area contributed by atoms with E-state index in [0.717, 1.165) is 6.54 Å². The third-order valence-corrected chi connectivity index (χ3v) is 0.247. The number of hydrogen-bond donors (Lipinski definition) is 2. The second-order valence-electron chi connectivity index (χ2n) is 1.03. The molecule has 0 radical (unpaired) electrons. The Kier molecular flexibility index (Phi) is 156. The lowest BCUT2D eigenvalue weighted by molar-refractivity contribution is 1.14. The summed E-state index contributed by atoms with van der Waals surface area (Å²) in [5.41, 5.74) is 9.73. The van der Waals surface area contributed by atoms with Gasteiger partial charge in [0.05, 0.1) is 0 Å². The molecule has 4 N–H and O–H groups in total. The van der Waals surface area contributed by atoms with Crippen molar-refractivity contribution < 1.29 is 0 Å². The van der Waals surface area contributed by atoms with Crippen LogP contribution in [0.5, 0.6) is 0 Å². The maximum absolute atomic E-state index is 4.89. The van der Waals surface area contributed by atoms with Gasteiger partial charge >= 0.3 is 0 Å². The molecule has 0 unspecified atom stereocenters. The van der Waals surface area contributed by atoms with Gasteiger partial charge in [-0.25, -0.2) is 0 Å². The number of rotatable bonds is 1. The average molecular weight is 174 g/mol. The Labute approximate surface area is 78.3 Å². The summed E-state index contributed by atoms with van der Waals surface area (Å²) in [6.07, 6.45) is 4.73. The largest absolute Gasteiger partial charge is 0.405 e. The Balaban J connectivity index is -0.0000000397. The van der Waals surface area contributed by atoms with Crippen molar-refractivity contribution in [2.24, 2.45) is 11.5 Å². The van der Waals surface area contributed by atoms with Gasteiger partial charge < -0.3 is 11.5 Å². The second-order valence-corrected chi connectivity index (χ2v) is 1.03. The fourth-order valence-corrected chi connectivity index (χ4v) is 0.0786. The van der Waals surface area contributed by atoms with E-state index in [2.05, 4.69) is 6.58 Å². The van der Waals surface area contributed by atoms with Crippen molar-refractivity contribution in [2.45, 2.75) is 34.6 Å². The van der Waals surface area contributed by atoms with Crippen LogP contribution in [0.25, 0.3) is 0 Å². The number of nitrogens with two attached hydrogens (primary N) is 2. The topological polar surface area (TPSA) is 52.0 Å². The molecule has 0 atom stereocenters. The normalized spacial score (nSPS) is 6.17. The van der Waals surface area contributed by atoms with Crippen molar-refractivity contribution in [2.75, 3.05) is 6.54 Å². The van der Waals surface area contributed by atoms with Crippen LogP contribution in [0.4, 0.5) is 0 Å². The predicted molar refractivity (Wildman–Crippen MR) is 60.9 cm³/mol. The van der Waals surface area contributed by atoms with Crippen LogP contribution in [-0.4, -0.2) is 6.54 Å². The van der Waals surface area contributed by atoms with E-state index < -0.39 is 0 Å². The Hall–Kier alpha value is -0.760. The van der Waals surface area contributed by atoms with Crippen molar-refractivity contribution in [3.63, 3.8) is 0 Å². The summed E-state index contributed by atoms with van der Waals surface area (Å²) in [5, 5.41) is 0. The van der Waals surface area contributed by atoms with Gasteiger partial charge in [0, 0.05) is 0 Å². The lowest BCUT2D eigenvalue weighted by atomic mass is 10.6. The van der Waals surface area contributed by atoms with Crippen LogP contribution in [0.15, 0.2) is 24.9 Å². The monoisotopic (exact) mass is 174 g/mol. The molecule has 0 saturated heterocycles. The van der Waals surface area contributed by atoms with Gasteiger partial charge in [-0.3, -0.25) is 0 Å². The molecule has 0 aromatic heterocycles. The highest BCUT2D eigenvalue weighted by Crippen LogP contribution is 1.58. The number of hydrogen-bond acceptors (Lipinski definition) is 2. The standard InChI is InChI=1S/C4H7N.C2H7N.2C2H6/c1-2-3-4-5;1-2-3;2*1-2/h2-4H,1,5H2;2-3H2,1H3;2*1-2H3/b4-3-;;;. The summed E-state index contributed by atoms with van der Waals surface area (Å²) < 4.78 is 0. The van der Waals surface area contributed by atoms with Crippen LogP contribution >= 0.6 is 0 Å². The fourth-order valence-electron chi connectivity index (χ4n) is 0.0786. The van der Waals surface area contributed by atoms with Crippen LogP contribution < -0.4 is 11.5 Å². The maximum Gasteiger partial charge on any atom is -0.00626 e. The van der Waals surface area contributed by atoms with Crippen molar-refractivity contribution >= 4 is 0 Å². The Morgan fingerprint density at radius 3 is 1.42 bits per heavy atom. The quantitative estimate of drug-likeness (QED) is 0.600. The molecular weight excluding hydrogens is 148 g/mol. The van der Waals surface area contributed by atoms with E-state index in [1.807, 2.05) is 34.6 Å². The zero-order valence-electron chi connectivity index (χ0n) is 9.30. The smallest absolute Gasteiger partial charge is 0.00626 e. The van der Waals surface area contributed by atoms with Gasteiger partial charge in [0.15, 0.2) is 0 Å². The molecule has 2 heteroatoms. The SMILES string of the molecule is C=C/C=C\N.CC.CC.CCN. The molecule has 0 spiro atoms. The van der Waals surface area contributed by atoms with Crippen molar-refractivity contribution in [1.82, 2.24) is 0 Å². The minimum absolute atomic E-state index is 0.750. The highest BCUT2D eigenvalue weighted by atomic mass is 14.5. The van der Waals surface area contributed by atoms with Crippen LogP contribution in [0, 0.1) is 0 Å². The summed E-state index contributed by atoms with van der Waals surface area (Å²) in [6.45, 7) is 14.0. The van der Waals surface area contributed by atoms with E-state index in [4.69, 9.17) is 11.5 Å². The third kappa shape index (κ3) is 408. The zero-order chi connectivity index (χ0) is 10.8. The second kappa shape index (κ2) is 83.3. The molecule has 0 aromatic rings. The average Bonchev–Trinajstić information content (AvgIpc) is 2.14. The van der Waals surface area contributed by atoms with E-state index in [9.17, 15) is 0 Å². The molecule has 0 saturated carbocycles.